The molecule has 1 atom stereocenters. The Kier molecular flexibility index (Phi) is 14.0. The number of carbonyl (C=O) groups is 1. The second-order valence-corrected chi connectivity index (χ2v) is 6.04. The van der Waals surface area contributed by atoms with Crippen LogP contribution in [0.15, 0.2) is 0 Å². The molecule has 0 aromatic rings. The van der Waals surface area contributed by atoms with E-state index >= 15 is 0 Å². The third-order valence-corrected chi connectivity index (χ3v) is 4.24. The maximum Gasteiger partial charge on any atom is 0.221 e. The Labute approximate surface area is 132 Å². The first-order valence-corrected chi connectivity index (χ1v) is 9.19. The zero-order valence-electron chi connectivity index (χ0n) is 14.9. The van der Waals surface area contributed by atoms with Gasteiger partial charge in [0.05, 0.1) is 6.17 Å². The Morgan fingerprint density at radius 1 is 0.857 bits per heavy atom. The minimum absolute atomic E-state index is 0.158. The van der Waals surface area contributed by atoms with Crippen LogP contribution in [0, 0.1) is 0 Å². The first-order chi connectivity index (χ1) is 10.2. The predicted octanol–water partition coefficient (Wildman–Crippen LogP) is 4.71. The van der Waals surface area contributed by atoms with Gasteiger partial charge in [-0.1, -0.05) is 72.1 Å². The summed E-state index contributed by atoms with van der Waals surface area (Å²) in [4.78, 5) is 14.1. The first-order valence-electron chi connectivity index (χ1n) is 9.19. The quantitative estimate of drug-likeness (QED) is 0.372. The van der Waals surface area contributed by atoms with Gasteiger partial charge in [0.25, 0.3) is 0 Å². The summed E-state index contributed by atoms with van der Waals surface area (Å²) in [6.07, 6.45) is 12.5. The minimum Gasteiger partial charge on any atom is -0.341 e. The van der Waals surface area contributed by atoms with Gasteiger partial charge < -0.3 is 5.32 Å². The highest BCUT2D eigenvalue weighted by Crippen LogP contribution is 2.10. The van der Waals surface area contributed by atoms with Crippen LogP contribution in [0.1, 0.15) is 91.9 Å². The molecular weight excluding hydrogens is 260 g/mol. The molecule has 1 amide bonds. The highest BCUT2D eigenvalue weighted by atomic mass is 16.1. The summed E-state index contributed by atoms with van der Waals surface area (Å²) < 4.78 is 0. The summed E-state index contributed by atoms with van der Waals surface area (Å²) in [5.41, 5.74) is 0. The van der Waals surface area contributed by atoms with Gasteiger partial charge in [-0.25, -0.2) is 0 Å². The van der Waals surface area contributed by atoms with Gasteiger partial charge in [-0.05, 0) is 26.4 Å². The van der Waals surface area contributed by atoms with E-state index in [0.29, 0.717) is 6.42 Å². The smallest absolute Gasteiger partial charge is 0.221 e. The third-order valence-electron chi connectivity index (χ3n) is 4.24. The SMILES string of the molecule is CCCCCCCCCCCC(=O)NC(C)N(CC)CC. The second kappa shape index (κ2) is 14.4. The Bertz CT molecular complexity index is 239. The van der Waals surface area contributed by atoms with Crippen molar-refractivity contribution >= 4 is 5.91 Å². The van der Waals surface area contributed by atoms with E-state index in [4.69, 9.17) is 0 Å². The van der Waals surface area contributed by atoms with Gasteiger partial charge in [0.2, 0.25) is 5.91 Å². The molecular formula is C18H38N2O. The second-order valence-electron chi connectivity index (χ2n) is 6.04. The first kappa shape index (κ1) is 20.4. The molecule has 0 heterocycles. The molecule has 0 aromatic heterocycles. The normalized spacial score (nSPS) is 12.6. The number of rotatable bonds is 14. The Morgan fingerprint density at radius 2 is 1.33 bits per heavy atom. The van der Waals surface area contributed by atoms with E-state index in [2.05, 4.69) is 37.9 Å². The standard InChI is InChI=1S/C18H38N2O/c1-5-8-9-10-11-12-13-14-15-16-18(21)19-17(4)20(6-2)7-3/h17H,5-16H2,1-4H3,(H,19,21). The molecule has 0 spiro atoms. The van der Waals surface area contributed by atoms with Crippen LogP contribution in [-0.2, 0) is 4.79 Å². The van der Waals surface area contributed by atoms with E-state index in [0.717, 1.165) is 19.5 Å². The molecule has 0 saturated carbocycles. The maximum absolute atomic E-state index is 11.9. The van der Waals surface area contributed by atoms with Crippen molar-refractivity contribution in [3.05, 3.63) is 0 Å². The minimum atomic E-state index is 0.158. The summed E-state index contributed by atoms with van der Waals surface area (Å²) in [5.74, 6) is 0.206. The zero-order valence-corrected chi connectivity index (χ0v) is 14.9. The van der Waals surface area contributed by atoms with Gasteiger partial charge >= 0.3 is 0 Å². The van der Waals surface area contributed by atoms with E-state index in [1.54, 1.807) is 0 Å². The highest BCUT2D eigenvalue weighted by molar-refractivity contribution is 5.76. The average molecular weight is 299 g/mol. The summed E-state index contributed by atoms with van der Waals surface area (Å²) in [6, 6.07) is 0. The summed E-state index contributed by atoms with van der Waals surface area (Å²) >= 11 is 0. The number of hydrogen-bond donors (Lipinski definition) is 1. The molecule has 126 valence electrons. The monoisotopic (exact) mass is 298 g/mol. The number of amides is 1. The molecule has 1 N–H and O–H groups in total. The van der Waals surface area contributed by atoms with Gasteiger partial charge in [0.1, 0.15) is 0 Å². The Hall–Kier alpha value is -0.570. The van der Waals surface area contributed by atoms with Gasteiger partial charge in [-0.15, -0.1) is 0 Å². The fourth-order valence-corrected chi connectivity index (χ4v) is 2.76. The molecule has 0 aliphatic rings. The predicted molar refractivity (Wildman–Crippen MR) is 92.4 cm³/mol. The van der Waals surface area contributed by atoms with Crippen molar-refractivity contribution in [2.75, 3.05) is 13.1 Å². The lowest BCUT2D eigenvalue weighted by atomic mass is 10.1. The van der Waals surface area contributed by atoms with Crippen LogP contribution in [0.3, 0.4) is 0 Å². The van der Waals surface area contributed by atoms with Gasteiger partial charge in [0.15, 0.2) is 0 Å². The van der Waals surface area contributed by atoms with Crippen LogP contribution < -0.4 is 5.32 Å². The van der Waals surface area contributed by atoms with E-state index in [1.807, 2.05) is 0 Å². The van der Waals surface area contributed by atoms with Crippen molar-refractivity contribution in [2.24, 2.45) is 0 Å². The highest BCUT2D eigenvalue weighted by Gasteiger charge is 2.12. The molecule has 3 heteroatoms. The number of nitrogens with one attached hydrogen (secondary N) is 1. The van der Waals surface area contributed by atoms with E-state index in [1.165, 1.54) is 51.4 Å². The van der Waals surface area contributed by atoms with Crippen LogP contribution in [0.25, 0.3) is 0 Å². The van der Waals surface area contributed by atoms with Crippen molar-refractivity contribution in [2.45, 2.75) is 98.1 Å². The van der Waals surface area contributed by atoms with Crippen LogP contribution in [0.2, 0.25) is 0 Å². The fourth-order valence-electron chi connectivity index (χ4n) is 2.76. The summed E-state index contributed by atoms with van der Waals surface area (Å²) in [7, 11) is 0. The molecule has 0 fully saturated rings. The maximum atomic E-state index is 11.9. The van der Waals surface area contributed by atoms with Crippen molar-refractivity contribution < 1.29 is 4.79 Å². The van der Waals surface area contributed by atoms with Crippen LogP contribution >= 0.6 is 0 Å². The largest absolute Gasteiger partial charge is 0.341 e. The van der Waals surface area contributed by atoms with Crippen LogP contribution in [0.4, 0.5) is 0 Å². The third kappa shape index (κ3) is 11.7. The number of nitrogens with zero attached hydrogens (tertiary/aromatic N) is 1. The topological polar surface area (TPSA) is 32.3 Å². The molecule has 0 aliphatic carbocycles. The van der Waals surface area contributed by atoms with Crippen molar-refractivity contribution in [3.63, 3.8) is 0 Å². The molecule has 3 nitrogen and oxygen atoms in total. The average Bonchev–Trinajstić information content (AvgIpc) is 2.46. The van der Waals surface area contributed by atoms with E-state index < -0.39 is 0 Å². The number of carbonyl (C=O) groups excluding carboxylic acids is 1. The van der Waals surface area contributed by atoms with Crippen molar-refractivity contribution in [3.8, 4) is 0 Å². The van der Waals surface area contributed by atoms with Crippen LogP contribution in [-0.4, -0.2) is 30.1 Å². The van der Waals surface area contributed by atoms with Crippen molar-refractivity contribution in [1.29, 1.82) is 0 Å². The van der Waals surface area contributed by atoms with E-state index in [-0.39, 0.29) is 12.1 Å². The summed E-state index contributed by atoms with van der Waals surface area (Å²) in [5, 5.41) is 3.09. The van der Waals surface area contributed by atoms with Crippen LogP contribution in [0.5, 0.6) is 0 Å². The lowest BCUT2D eigenvalue weighted by molar-refractivity contribution is -0.123. The Morgan fingerprint density at radius 3 is 1.81 bits per heavy atom. The molecule has 0 aliphatic heterocycles. The molecule has 0 saturated heterocycles. The number of hydrogen-bond acceptors (Lipinski definition) is 2. The molecule has 1 unspecified atom stereocenters. The zero-order chi connectivity index (χ0) is 15.9. The molecule has 0 rings (SSSR count). The van der Waals surface area contributed by atoms with Gasteiger partial charge in [-0.3, -0.25) is 9.69 Å². The van der Waals surface area contributed by atoms with Gasteiger partial charge in [0, 0.05) is 6.42 Å². The fraction of sp³-hybridized carbons (Fsp3) is 0.944. The van der Waals surface area contributed by atoms with Gasteiger partial charge in [-0.2, -0.15) is 0 Å². The van der Waals surface area contributed by atoms with E-state index in [9.17, 15) is 4.79 Å². The van der Waals surface area contributed by atoms with Crippen molar-refractivity contribution in [1.82, 2.24) is 10.2 Å². The summed E-state index contributed by atoms with van der Waals surface area (Å²) in [6.45, 7) is 10.6. The number of unbranched alkanes of at least 4 members (excludes halogenated alkanes) is 8. The molecule has 0 bridgehead atoms. The molecule has 0 radical (unpaired) electrons. The molecule has 21 heavy (non-hydrogen) atoms. The lowest BCUT2D eigenvalue weighted by Gasteiger charge is -2.27. The Balaban J connectivity index is 3.45. The molecule has 0 aromatic carbocycles. The lowest BCUT2D eigenvalue weighted by Crippen LogP contribution is -2.45.